The van der Waals surface area contributed by atoms with Crippen LogP contribution in [0.3, 0.4) is 0 Å². The number of carbonyl (C=O) groups is 3. The van der Waals surface area contributed by atoms with Crippen molar-refractivity contribution in [3.05, 3.63) is 0 Å². The first-order valence-electron chi connectivity index (χ1n) is 10.4. The molecule has 6 nitrogen and oxygen atoms in total. The van der Waals surface area contributed by atoms with Crippen molar-refractivity contribution in [1.82, 2.24) is 10.6 Å². The molecule has 5 atom stereocenters. The van der Waals surface area contributed by atoms with Crippen molar-refractivity contribution >= 4 is 18.1 Å². The van der Waals surface area contributed by atoms with E-state index in [1.165, 1.54) is 19.8 Å². The SMILES string of the molecule is CC.CC=O.CCC1CCCC1C(C)C(=O)NC(C#N)CC1CCNC1=O. The molecule has 1 heterocycles. The highest BCUT2D eigenvalue weighted by Gasteiger charge is 2.35. The summed E-state index contributed by atoms with van der Waals surface area (Å²) in [6, 6.07) is 1.57. The number of nitrogens with one attached hydrogen (secondary N) is 2. The molecular weight excluding hydrogens is 342 g/mol. The van der Waals surface area contributed by atoms with Gasteiger partial charge in [0.15, 0.2) is 0 Å². The lowest BCUT2D eigenvalue weighted by atomic mass is 9.83. The maximum Gasteiger partial charge on any atom is 0.224 e. The maximum atomic E-state index is 12.5. The van der Waals surface area contributed by atoms with Crippen molar-refractivity contribution in [2.24, 2.45) is 23.7 Å². The quantitative estimate of drug-likeness (QED) is 0.692. The summed E-state index contributed by atoms with van der Waals surface area (Å²) in [6.07, 6.45) is 6.56. The molecule has 1 aliphatic heterocycles. The standard InChI is InChI=1S/C17H27N3O2.C2H4O.C2H6/c1-3-12-5-4-6-15(12)11(2)16(21)20-14(10-18)9-13-7-8-19-17(13)22;1-2-3;1-2/h11-15H,3-9H2,1-2H3,(H,19,22)(H,20,21);2H,1H3;1-2H3. The van der Waals surface area contributed by atoms with E-state index < -0.39 is 6.04 Å². The number of amides is 2. The van der Waals surface area contributed by atoms with Crippen LogP contribution in [0.1, 0.15) is 73.1 Å². The van der Waals surface area contributed by atoms with Crippen LogP contribution in [0.4, 0.5) is 0 Å². The summed E-state index contributed by atoms with van der Waals surface area (Å²) in [5.41, 5.74) is 0. The molecule has 154 valence electrons. The van der Waals surface area contributed by atoms with E-state index in [4.69, 9.17) is 4.79 Å². The van der Waals surface area contributed by atoms with Gasteiger partial charge >= 0.3 is 0 Å². The number of nitrogens with zero attached hydrogens (tertiary/aromatic N) is 1. The highest BCUT2D eigenvalue weighted by molar-refractivity contribution is 5.81. The van der Waals surface area contributed by atoms with Crippen molar-refractivity contribution in [1.29, 1.82) is 5.26 Å². The molecule has 1 aliphatic carbocycles. The van der Waals surface area contributed by atoms with Gasteiger partial charge in [0, 0.05) is 18.4 Å². The highest BCUT2D eigenvalue weighted by atomic mass is 16.2. The lowest BCUT2D eigenvalue weighted by Gasteiger charge is -2.25. The largest absolute Gasteiger partial charge is 0.356 e. The number of aldehydes is 1. The molecule has 0 aromatic rings. The molecule has 0 aromatic carbocycles. The zero-order chi connectivity index (χ0) is 20.8. The van der Waals surface area contributed by atoms with Crippen LogP contribution in [0.5, 0.6) is 0 Å². The fourth-order valence-corrected chi connectivity index (χ4v) is 4.03. The molecule has 1 saturated heterocycles. The molecule has 0 spiro atoms. The van der Waals surface area contributed by atoms with Crippen LogP contribution in [0.15, 0.2) is 0 Å². The number of hydrogen-bond donors (Lipinski definition) is 2. The van der Waals surface area contributed by atoms with Gasteiger partial charge in [0.1, 0.15) is 12.3 Å². The highest BCUT2D eigenvalue weighted by Crippen LogP contribution is 2.38. The van der Waals surface area contributed by atoms with Gasteiger partial charge < -0.3 is 15.4 Å². The van der Waals surface area contributed by atoms with Gasteiger partial charge in [-0.1, -0.05) is 47.0 Å². The summed E-state index contributed by atoms with van der Waals surface area (Å²) in [7, 11) is 0. The minimum Gasteiger partial charge on any atom is -0.356 e. The number of rotatable bonds is 6. The summed E-state index contributed by atoms with van der Waals surface area (Å²) >= 11 is 0. The number of nitriles is 1. The lowest BCUT2D eigenvalue weighted by Crippen LogP contribution is -2.41. The van der Waals surface area contributed by atoms with Gasteiger partial charge in [-0.3, -0.25) is 9.59 Å². The van der Waals surface area contributed by atoms with E-state index in [2.05, 4.69) is 23.6 Å². The number of carbonyl (C=O) groups excluding carboxylic acids is 3. The Morgan fingerprint density at radius 2 is 2.00 bits per heavy atom. The molecule has 2 fully saturated rings. The summed E-state index contributed by atoms with van der Waals surface area (Å²) < 4.78 is 0. The Kier molecular flexibility index (Phi) is 13.2. The van der Waals surface area contributed by atoms with Crippen molar-refractivity contribution in [3.63, 3.8) is 0 Å². The van der Waals surface area contributed by atoms with Gasteiger partial charge in [-0.05, 0) is 38.0 Å². The molecular formula is C21H37N3O3. The maximum absolute atomic E-state index is 12.5. The molecule has 0 radical (unpaired) electrons. The second-order valence-corrected chi connectivity index (χ2v) is 6.99. The average molecular weight is 380 g/mol. The molecule has 2 amide bonds. The van der Waals surface area contributed by atoms with Gasteiger partial charge in [0.05, 0.1) is 6.07 Å². The fourth-order valence-electron chi connectivity index (χ4n) is 4.03. The van der Waals surface area contributed by atoms with E-state index in [1.807, 2.05) is 20.8 Å². The monoisotopic (exact) mass is 379 g/mol. The van der Waals surface area contributed by atoms with Gasteiger partial charge in [-0.25, -0.2) is 0 Å². The summed E-state index contributed by atoms with van der Waals surface area (Å²) in [4.78, 5) is 32.9. The van der Waals surface area contributed by atoms with E-state index in [-0.39, 0.29) is 23.7 Å². The van der Waals surface area contributed by atoms with Crippen LogP contribution >= 0.6 is 0 Å². The van der Waals surface area contributed by atoms with E-state index in [1.54, 1.807) is 0 Å². The zero-order valence-corrected chi connectivity index (χ0v) is 17.6. The molecule has 2 rings (SSSR count). The molecule has 27 heavy (non-hydrogen) atoms. The first kappa shape index (κ1) is 25.1. The normalized spacial score (nSPS) is 25.5. The third-order valence-corrected chi connectivity index (χ3v) is 5.45. The van der Waals surface area contributed by atoms with Gasteiger partial charge in [-0.15, -0.1) is 0 Å². The first-order valence-corrected chi connectivity index (χ1v) is 10.4. The Balaban J connectivity index is 0.00000123. The molecule has 2 aliphatic rings. The van der Waals surface area contributed by atoms with E-state index in [0.29, 0.717) is 24.8 Å². The Morgan fingerprint density at radius 1 is 1.37 bits per heavy atom. The van der Waals surface area contributed by atoms with Crippen LogP contribution in [-0.4, -0.2) is 30.7 Å². The fraction of sp³-hybridized carbons (Fsp3) is 0.810. The van der Waals surface area contributed by atoms with Crippen molar-refractivity contribution < 1.29 is 14.4 Å². The van der Waals surface area contributed by atoms with E-state index >= 15 is 0 Å². The summed E-state index contributed by atoms with van der Waals surface area (Å²) in [5, 5.41) is 14.9. The molecule has 2 N–H and O–H groups in total. The number of hydrogen-bond acceptors (Lipinski definition) is 4. The van der Waals surface area contributed by atoms with Gasteiger partial charge in [-0.2, -0.15) is 5.26 Å². The van der Waals surface area contributed by atoms with Crippen LogP contribution < -0.4 is 10.6 Å². The molecule has 5 unspecified atom stereocenters. The predicted molar refractivity (Wildman–Crippen MR) is 107 cm³/mol. The summed E-state index contributed by atoms with van der Waals surface area (Å²) in [6.45, 7) is 10.3. The Labute approximate surface area is 164 Å². The second-order valence-electron chi connectivity index (χ2n) is 6.99. The minimum absolute atomic E-state index is 0.00406. The molecule has 6 heteroatoms. The van der Waals surface area contributed by atoms with Crippen LogP contribution in [0, 0.1) is 35.0 Å². The summed E-state index contributed by atoms with van der Waals surface area (Å²) in [5.74, 6) is 0.830. The van der Waals surface area contributed by atoms with E-state index in [9.17, 15) is 14.9 Å². The predicted octanol–water partition coefficient (Wildman–Crippen LogP) is 3.21. The third-order valence-electron chi connectivity index (χ3n) is 5.45. The van der Waals surface area contributed by atoms with Crippen molar-refractivity contribution in [2.75, 3.05) is 6.54 Å². The van der Waals surface area contributed by atoms with Crippen LogP contribution in [-0.2, 0) is 14.4 Å². The van der Waals surface area contributed by atoms with Gasteiger partial charge in [0.2, 0.25) is 11.8 Å². The van der Waals surface area contributed by atoms with Crippen LogP contribution in [0.25, 0.3) is 0 Å². The molecule has 1 saturated carbocycles. The second kappa shape index (κ2) is 14.2. The van der Waals surface area contributed by atoms with Gasteiger partial charge in [0.25, 0.3) is 0 Å². The third kappa shape index (κ3) is 8.11. The molecule has 0 aromatic heterocycles. The van der Waals surface area contributed by atoms with Crippen molar-refractivity contribution in [2.45, 2.75) is 79.2 Å². The Morgan fingerprint density at radius 3 is 2.48 bits per heavy atom. The Hall–Kier alpha value is -1.90. The first-order chi connectivity index (χ1) is 13.0. The smallest absolute Gasteiger partial charge is 0.224 e. The lowest BCUT2D eigenvalue weighted by molar-refractivity contribution is -0.128. The average Bonchev–Trinajstić information content (AvgIpc) is 3.31. The minimum atomic E-state index is -0.565. The molecule has 0 bridgehead atoms. The van der Waals surface area contributed by atoms with E-state index in [0.717, 1.165) is 25.5 Å². The van der Waals surface area contributed by atoms with Crippen molar-refractivity contribution in [3.8, 4) is 6.07 Å². The Bertz CT molecular complexity index is 501. The topological polar surface area (TPSA) is 99.1 Å². The van der Waals surface area contributed by atoms with Crippen LogP contribution in [0.2, 0.25) is 0 Å². The zero-order valence-electron chi connectivity index (χ0n) is 17.6.